The van der Waals surface area contributed by atoms with Gasteiger partial charge in [-0.05, 0) is 30.7 Å². The molecule has 0 bridgehead atoms. The molecule has 0 aromatic heterocycles. The number of esters is 1. The van der Waals surface area contributed by atoms with Gasteiger partial charge in [-0.15, -0.1) is 11.8 Å². The van der Waals surface area contributed by atoms with Crippen LogP contribution < -0.4 is 5.32 Å². The average Bonchev–Trinajstić information content (AvgIpc) is 2.59. The molecular weight excluding hydrogens is 374 g/mol. The Labute approximate surface area is 156 Å². The quantitative estimate of drug-likeness (QED) is 0.575. The maximum atomic E-state index is 11.9. The molecule has 2 aromatic rings. The van der Waals surface area contributed by atoms with Gasteiger partial charge in [0.05, 0.1) is 16.3 Å². The summed E-state index contributed by atoms with van der Waals surface area (Å²) in [4.78, 5) is 24.7. The second-order valence-electron chi connectivity index (χ2n) is 5.53. The van der Waals surface area contributed by atoms with E-state index in [1.54, 1.807) is 12.1 Å². The van der Waals surface area contributed by atoms with E-state index in [0.29, 0.717) is 0 Å². The lowest BCUT2D eigenvalue weighted by Gasteiger charge is -2.10. The second kappa shape index (κ2) is 8.86. The number of carbonyl (C=O) groups is 2. The highest BCUT2D eigenvalue weighted by atomic mass is 32.2. The first-order valence-corrected chi connectivity index (χ1v) is 10.6. The zero-order valence-corrected chi connectivity index (χ0v) is 16.0. The van der Waals surface area contributed by atoms with Crippen molar-refractivity contribution in [3.05, 3.63) is 54.1 Å². The molecule has 0 saturated carbocycles. The van der Waals surface area contributed by atoms with Gasteiger partial charge in [-0.3, -0.25) is 9.59 Å². The number of carbonyl (C=O) groups excluding carboxylic acids is 2. The van der Waals surface area contributed by atoms with Crippen LogP contribution in [0.2, 0.25) is 0 Å². The Hall–Kier alpha value is -2.32. The molecule has 0 aliphatic carbocycles. The summed E-state index contributed by atoms with van der Waals surface area (Å²) in [7, 11) is -3.48. The van der Waals surface area contributed by atoms with Crippen LogP contribution in [0.25, 0.3) is 0 Å². The van der Waals surface area contributed by atoms with Crippen LogP contribution in [-0.4, -0.2) is 38.9 Å². The molecule has 1 N–H and O–H groups in total. The van der Waals surface area contributed by atoms with E-state index >= 15 is 0 Å². The molecule has 0 heterocycles. The third-order valence-electron chi connectivity index (χ3n) is 3.36. The summed E-state index contributed by atoms with van der Waals surface area (Å²) in [6.07, 6.45) is 1.06. The normalized spacial score (nSPS) is 11.0. The van der Waals surface area contributed by atoms with Crippen molar-refractivity contribution < 1.29 is 22.7 Å². The number of hydrogen-bond acceptors (Lipinski definition) is 6. The van der Waals surface area contributed by atoms with Crippen molar-refractivity contribution in [2.45, 2.75) is 16.7 Å². The number of para-hydroxylation sites is 1. The van der Waals surface area contributed by atoms with Crippen molar-refractivity contribution in [1.82, 2.24) is 0 Å². The molecule has 0 atom stereocenters. The van der Waals surface area contributed by atoms with Crippen molar-refractivity contribution in [1.29, 1.82) is 0 Å². The third-order valence-corrected chi connectivity index (χ3v) is 5.67. The van der Waals surface area contributed by atoms with E-state index in [-0.39, 0.29) is 16.3 Å². The van der Waals surface area contributed by atoms with Crippen LogP contribution in [0, 0.1) is 6.92 Å². The molecule has 0 aliphatic heterocycles. The Kier molecular flexibility index (Phi) is 6.82. The number of anilines is 1. The number of aryl methyl sites for hydroxylation is 1. The van der Waals surface area contributed by atoms with E-state index in [9.17, 15) is 18.0 Å². The number of benzene rings is 2. The van der Waals surface area contributed by atoms with E-state index in [4.69, 9.17) is 4.74 Å². The van der Waals surface area contributed by atoms with Crippen molar-refractivity contribution >= 4 is 39.2 Å². The number of thioether (sulfide) groups is 1. The lowest BCUT2D eigenvalue weighted by molar-refractivity contribution is -0.144. The smallest absolute Gasteiger partial charge is 0.316 e. The van der Waals surface area contributed by atoms with Crippen LogP contribution in [0.4, 0.5) is 5.69 Å². The Morgan fingerprint density at radius 1 is 1.08 bits per heavy atom. The minimum Gasteiger partial charge on any atom is -0.455 e. The fourth-order valence-electron chi connectivity index (χ4n) is 2.12. The number of nitrogens with one attached hydrogen (secondary N) is 1. The molecule has 0 aliphatic rings. The summed E-state index contributed by atoms with van der Waals surface area (Å²) in [6.45, 7) is 1.46. The van der Waals surface area contributed by atoms with Crippen LogP contribution in [-0.2, 0) is 24.2 Å². The van der Waals surface area contributed by atoms with Gasteiger partial charge in [-0.1, -0.05) is 30.3 Å². The Morgan fingerprint density at radius 2 is 1.73 bits per heavy atom. The lowest BCUT2D eigenvalue weighted by atomic mass is 10.2. The molecule has 0 radical (unpaired) electrons. The van der Waals surface area contributed by atoms with Crippen LogP contribution in [0.15, 0.2) is 58.3 Å². The standard InChI is InChI=1S/C18H19NO5S2/c1-13-7-3-5-9-15(13)25-12-18(21)24-11-17(20)19-14-8-4-6-10-16(14)26(2,22)23/h3-10H,11-12H2,1-2H3,(H,19,20). The largest absolute Gasteiger partial charge is 0.455 e. The number of hydrogen-bond donors (Lipinski definition) is 1. The highest BCUT2D eigenvalue weighted by molar-refractivity contribution is 8.00. The van der Waals surface area contributed by atoms with Gasteiger partial charge in [0, 0.05) is 11.2 Å². The fraction of sp³-hybridized carbons (Fsp3) is 0.222. The monoisotopic (exact) mass is 393 g/mol. The number of amides is 1. The van der Waals surface area contributed by atoms with Crippen molar-refractivity contribution in [3.63, 3.8) is 0 Å². The summed E-state index contributed by atoms with van der Waals surface area (Å²) < 4.78 is 28.4. The Morgan fingerprint density at radius 3 is 2.42 bits per heavy atom. The average molecular weight is 393 g/mol. The first-order valence-electron chi connectivity index (χ1n) is 7.70. The van der Waals surface area contributed by atoms with Crippen molar-refractivity contribution in [3.8, 4) is 0 Å². The third kappa shape index (κ3) is 5.89. The van der Waals surface area contributed by atoms with Gasteiger partial charge in [-0.2, -0.15) is 0 Å². The zero-order chi connectivity index (χ0) is 19.2. The highest BCUT2D eigenvalue weighted by Crippen LogP contribution is 2.22. The Balaban J connectivity index is 1.86. The first kappa shape index (κ1) is 20.0. The van der Waals surface area contributed by atoms with Crippen LogP contribution in [0.5, 0.6) is 0 Å². The lowest BCUT2D eigenvalue weighted by Crippen LogP contribution is -2.22. The molecular formula is C18H19NO5S2. The first-order chi connectivity index (χ1) is 12.3. The SMILES string of the molecule is Cc1ccccc1SCC(=O)OCC(=O)Nc1ccccc1S(C)(=O)=O. The van der Waals surface area contributed by atoms with Gasteiger partial charge >= 0.3 is 5.97 Å². The molecule has 138 valence electrons. The number of ether oxygens (including phenoxy) is 1. The minimum absolute atomic E-state index is 0.00906. The van der Waals surface area contributed by atoms with E-state index < -0.39 is 28.3 Å². The summed E-state index contributed by atoms with van der Waals surface area (Å²) in [5, 5.41) is 2.45. The van der Waals surface area contributed by atoms with E-state index in [0.717, 1.165) is 16.7 Å². The van der Waals surface area contributed by atoms with Gasteiger partial charge in [0.2, 0.25) is 0 Å². The molecule has 2 aromatic carbocycles. The van der Waals surface area contributed by atoms with E-state index in [1.165, 1.54) is 23.9 Å². The molecule has 0 fully saturated rings. The number of rotatable bonds is 7. The summed E-state index contributed by atoms with van der Waals surface area (Å²) in [5.74, 6) is -1.04. The molecule has 8 heteroatoms. The van der Waals surface area contributed by atoms with Gasteiger partial charge < -0.3 is 10.1 Å². The summed E-state index contributed by atoms with van der Waals surface area (Å²) in [5.41, 5.74) is 1.21. The molecule has 1 amide bonds. The van der Waals surface area contributed by atoms with Gasteiger partial charge in [0.25, 0.3) is 5.91 Å². The van der Waals surface area contributed by atoms with Crippen molar-refractivity contribution in [2.75, 3.05) is 23.9 Å². The van der Waals surface area contributed by atoms with E-state index in [1.807, 2.05) is 31.2 Å². The zero-order valence-electron chi connectivity index (χ0n) is 14.4. The molecule has 0 spiro atoms. The van der Waals surface area contributed by atoms with E-state index in [2.05, 4.69) is 5.32 Å². The van der Waals surface area contributed by atoms with Crippen LogP contribution >= 0.6 is 11.8 Å². The predicted octanol–water partition coefficient (Wildman–Crippen LogP) is 2.67. The van der Waals surface area contributed by atoms with Gasteiger partial charge in [0.15, 0.2) is 16.4 Å². The minimum atomic E-state index is -3.48. The summed E-state index contributed by atoms with van der Waals surface area (Å²) >= 11 is 1.33. The second-order valence-corrected chi connectivity index (χ2v) is 8.53. The van der Waals surface area contributed by atoms with Gasteiger partial charge in [-0.25, -0.2) is 8.42 Å². The molecule has 26 heavy (non-hydrogen) atoms. The predicted molar refractivity (Wildman–Crippen MR) is 101 cm³/mol. The maximum absolute atomic E-state index is 11.9. The maximum Gasteiger partial charge on any atom is 0.316 e. The number of sulfone groups is 1. The van der Waals surface area contributed by atoms with Crippen LogP contribution in [0.1, 0.15) is 5.56 Å². The molecule has 6 nitrogen and oxygen atoms in total. The Bertz CT molecular complexity index is 909. The topological polar surface area (TPSA) is 89.5 Å². The van der Waals surface area contributed by atoms with Crippen molar-refractivity contribution in [2.24, 2.45) is 0 Å². The van der Waals surface area contributed by atoms with Crippen LogP contribution in [0.3, 0.4) is 0 Å². The molecule has 0 unspecified atom stereocenters. The molecule has 2 rings (SSSR count). The fourth-order valence-corrected chi connectivity index (χ4v) is 3.79. The van der Waals surface area contributed by atoms with Gasteiger partial charge in [0.1, 0.15) is 0 Å². The molecule has 0 saturated heterocycles. The highest BCUT2D eigenvalue weighted by Gasteiger charge is 2.15. The summed E-state index contributed by atoms with van der Waals surface area (Å²) in [6, 6.07) is 13.7.